The van der Waals surface area contributed by atoms with Gasteiger partial charge in [-0.2, -0.15) is 5.26 Å². The normalized spacial score (nSPS) is 14.8. The Hall–Kier alpha value is -3.07. The first-order valence-corrected chi connectivity index (χ1v) is 9.28. The van der Waals surface area contributed by atoms with Crippen LogP contribution in [0.25, 0.3) is 17.0 Å². The Kier molecular flexibility index (Phi) is 5.92. The van der Waals surface area contributed by atoms with E-state index in [1.54, 1.807) is 28.7 Å². The van der Waals surface area contributed by atoms with E-state index >= 15 is 0 Å². The van der Waals surface area contributed by atoms with Crippen molar-refractivity contribution < 1.29 is 14.3 Å². The number of fused-ring (bicyclic) bond motifs is 1. The number of carbonyl (C=O) groups excluding carboxylic acids is 2. The molecule has 2 aromatic rings. The Morgan fingerprint density at radius 2 is 1.96 bits per heavy atom. The molecule has 6 heteroatoms. The van der Waals surface area contributed by atoms with Crippen LogP contribution in [0.4, 0.5) is 0 Å². The fourth-order valence-electron chi connectivity index (χ4n) is 3.43. The van der Waals surface area contributed by atoms with Gasteiger partial charge in [0.1, 0.15) is 18.2 Å². The van der Waals surface area contributed by atoms with Crippen molar-refractivity contribution in [3.8, 4) is 6.07 Å². The van der Waals surface area contributed by atoms with Crippen molar-refractivity contribution in [1.82, 2.24) is 9.47 Å². The molecule has 1 saturated heterocycles. The zero-order valence-electron chi connectivity index (χ0n) is 15.5. The Morgan fingerprint density at radius 1 is 1.22 bits per heavy atom. The third kappa shape index (κ3) is 4.20. The number of nitriles is 1. The summed E-state index contributed by atoms with van der Waals surface area (Å²) in [4.78, 5) is 26.3. The number of aromatic nitrogens is 1. The summed E-state index contributed by atoms with van der Waals surface area (Å²) in [5.74, 6) is -0.543. The van der Waals surface area contributed by atoms with E-state index < -0.39 is 0 Å². The molecule has 1 aliphatic heterocycles. The first-order valence-electron chi connectivity index (χ1n) is 9.28. The molecule has 0 radical (unpaired) electrons. The molecule has 2 heterocycles. The maximum absolute atomic E-state index is 12.7. The lowest BCUT2D eigenvalue weighted by atomic mass is 10.1. The van der Waals surface area contributed by atoms with Crippen LogP contribution in [0.3, 0.4) is 0 Å². The number of ether oxygens (including phenoxy) is 1. The third-order valence-electron chi connectivity index (χ3n) is 4.72. The standard InChI is InChI=1S/C21H23N3O3/c1-2-27-20(25)15-24-14-17(18-8-4-5-9-19(18)24)12-16(13-22)21(26)23-10-6-3-7-11-23/h4-5,8-9,12,14H,2-3,6-7,10-11,15H2,1H3/b16-12+. The fourth-order valence-corrected chi connectivity index (χ4v) is 3.43. The summed E-state index contributed by atoms with van der Waals surface area (Å²) in [7, 11) is 0. The van der Waals surface area contributed by atoms with E-state index in [9.17, 15) is 14.9 Å². The number of piperidine rings is 1. The van der Waals surface area contributed by atoms with E-state index in [-0.39, 0.29) is 24.0 Å². The highest BCUT2D eigenvalue weighted by atomic mass is 16.5. The van der Waals surface area contributed by atoms with E-state index in [2.05, 4.69) is 6.07 Å². The monoisotopic (exact) mass is 365 g/mol. The summed E-state index contributed by atoms with van der Waals surface area (Å²) in [6, 6.07) is 9.66. The van der Waals surface area contributed by atoms with Crippen LogP contribution in [-0.2, 0) is 20.9 Å². The number of hydrogen-bond acceptors (Lipinski definition) is 4. The highest BCUT2D eigenvalue weighted by Gasteiger charge is 2.21. The number of carbonyl (C=O) groups is 2. The molecule has 0 N–H and O–H groups in total. The van der Waals surface area contributed by atoms with Gasteiger partial charge in [-0.25, -0.2) is 0 Å². The Labute approximate surface area is 158 Å². The average molecular weight is 365 g/mol. The lowest BCUT2D eigenvalue weighted by Gasteiger charge is -2.26. The average Bonchev–Trinajstić information content (AvgIpc) is 3.04. The zero-order chi connectivity index (χ0) is 19.2. The van der Waals surface area contributed by atoms with Gasteiger partial charge in [0.05, 0.1) is 6.61 Å². The van der Waals surface area contributed by atoms with Crippen molar-refractivity contribution in [3.05, 3.63) is 41.6 Å². The molecule has 1 aromatic carbocycles. The SMILES string of the molecule is CCOC(=O)Cn1cc(/C=C(\C#N)C(=O)N2CCCCC2)c2ccccc21. The second-order valence-electron chi connectivity index (χ2n) is 6.56. The number of nitrogens with zero attached hydrogens (tertiary/aromatic N) is 3. The first kappa shape index (κ1) is 18.7. The lowest BCUT2D eigenvalue weighted by molar-refractivity contribution is -0.143. The Balaban J connectivity index is 1.95. The van der Waals surface area contributed by atoms with Gasteiger partial charge >= 0.3 is 5.97 Å². The van der Waals surface area contributed by atoms with Crippen molar-refractivity contribution in [1.29, 1.82) is 5.26 Å². The summed E-state index contributed by atoms with van der Waals surface area (Å²) in [6.45, 7) is 3.58. The van der Waals surface area contributed by atoms with E-state index in [0.717, 1.165) is 35.7 Å². The molecule has 140 valence electrons. The predicted molar refractivity (Wildman–Crippen MR) is 103 cm³/mol. The largest absolute Gasteiger partial charge is 0.465 e. The smallest absolute Gasteiger partial charge is 0.325 e. The molecule has 0 aliphatic carbocycles. The highest BCUT2D eigenvalue weighted by molar-refractivity contribution is 6.04. The summed E-state index contributed by atoms with van der Waals surface area (Å²) < 4.78 is 6.83. The summed E-state index contributed by atoms with van der Waals surface area (Å²) in [5.41, 5.74) is 1.73. The molecule has 27 heavy (non-hydrogen) atoms. The lowest BCUT2D eigenvalue weighted by Crippen LogP contribution is -2.36. The zero-order valence-corrected chi connectivity index (χ0v) is 15.5. The quantitative estimate of drug-likeness (QED) is 0.463. The molecule has 0 atom stereocenters. The maximum atomic E-state index is 12.7. The summed E-state index contributed by atoms with van der Waals surface area (Å²) >= 11 is 0. The molecule has 0 spiro atoms. The molecule has 0 bridgehead atoms. The van der Waals surface area contributed by atoms with Gasteiger partial charge in [-0.05, 0) is 38.3 Å². The summed E-state index contributed by atoms with van der Waals surface area (Å²) in [5, 5.41) is 10.4. The second-order valence-corrected chi connectivity index (χ2v) is 6.56. The van der Waals surface area contributed by atoms with Gasteiger partial charge in [-0.1, -0.05) is 18.2 Å². The van der Waals surface area contributed by atoms with Crippen molar-refractivity contribution in [2.45, 2.75) is 32.7 Å². The minimum absolute atomic E-state index is 0.0875. The van der Waals surface area contributed by atoms with Crippen LogP contribution in [0, 0.1) is 11.3 Å². The maximum Gasteiger partial charge on any atom is 0.325 e. The van der Waals surface area contributed by atoms with Gasteiger partial charge < -0.3 is 14.2 Å². The van der Waals surface area contributed by atoms with Gasteiger partial charge in [0.25, 0.3) is 5.91 Å². The van der Waals surface area contributed by atoms with Crippen molar-refractivity contribution in [2.24, 2.45) is 0 Å². The molecule has 0 unspecified atom stereocenters. The minimum Gasteiger partial charge on any atom is -0.465 e. The molecule has 1 aliphatic rings. The second kappa shape index (κ2) is 8.54. The molecule has 1 aromatic heterocycles. The van der Waals surface area contributed by atoms with Gasteiger partial charge in [-0.3, -0.25) is 9.59 Å². The first-order chi connectivity index (χ1) is 13.1. The predicted octanol–water partition coefficient (Wildman–Crippen LogP) is 3.12. The highest BCUT2D eigenvalue weighted by Crippen LogP contribution is 2.24. The van der Waals surface area contributed by atoms with Crippen LogP contribution < -0.4 is 0 Å². The minimum atomic E-state index is -0.321. The number of esters is 1. The van der Waals surface area contributed by atoms with E-state index in [1.807, 2.05) is 24.3 Å². The molecule has 1 amide bonds. The molecule has 1 fully saturated rings. The summed E-state index contributed by atoms with van der Waals surface area (Å²) in [6.07, 6.45) is 6.49. The molecular weight excluding hydrogens is 342 g/mol. The third-order valence-corrected chi connectivity index (χ3v) is 4.72. The van der Waals surface area contributed by atoms with E-state index in [4.69, 9.17) is 4.74 Å². The van der Waals surface area contributed by atoms with Crippen LogP contribution in [-0.4, -0.2) is 41.0 Å². The molecule has 3 rings (SSSR count). The fraction of sp³-hybridized carbons (Fsp3) is 0.381. The number of para-hydroxylation sites is 1. The molecule has 6 nitrogen and oxygen atoms in total. The van der Waals surface area contributed by atoms with Crippen LogP contribution in [0.15, 0.2) is 36.0 Å². The van der Waals surface area contributed by atoms with Crippen LogP contribution in [0.1, 0.15) is 31.7 Å². The van der Waals surface area contributed by atoms with E-state index in [0.29, 0.717) is 19.7 Å². The number of amides is 1. The molecular formula is C21H23N3O3. The van der Waals surface area contributed by atoms with Gasteiger partial charge in [-0.15, -0.1) is 0 Å². The number of hydrogen-bond donors (Lipinski definition) is 0. The topological polar surface area (TPSA) is 75.3 Å². The van der Waals surface area contributed by atoms with Crippen molar-refractivity contribution in [2.75, 3.05) is 19.7 Å². The van der Waals surface area contributed by atoms with Crippen LogP contribution in [0.2, 0.25) is 0 Å². The van der Waals surface area contributed by atoms with Crippen LogP contribution in [0.5, 0.6) is 0 Å². The van der Waals surface area contributed by atoms with Gasteiger partial charge in [0.15, 0.2) is 0 Å². The van der Waals surface area contributed by atoms with Crippen molar-refractivity contribution >= 4 is 28.9 Å². The van der Waals surface area contributed by atoms with E-state index in [1.165, 1.54) is 0 Å². The number of benzene rings is 1. The Morgan fingerprint density at radius 3 is 2.67 bits per heavy atom. The van der Waals surface area contributed by atoms with Crippen LogP contribution >= 0.6 is 0 Å². The number of rotatable bonds is 5. The van der Waals surface area contributed by atoms with Gasteiger partial charge in [0.2, 0.25) is 0 Å². The molecule has 0 saturated carbocycles. The van der Waals surface area contributed by atoms with Crippen molar-refractivity contribution in [3.63, 3.8) is 0 Å². The number of likely N-dealkylation sites (tertiary alicyclic amines) is 1. The van der Waals surface area contributed by atoms with Gasteiger partial charge in [0, 0.05) is 35.8 Å². The Bertz CT molecular complexity index is 914.